The summed E-state index contributed by atoms with van der Waals surface area (Å²) in [7, 11) is -2.15. The van der Waals surface area contributed by atoms with Crippen molar-refractivity contribution in [1.29, 1.82) is 0 Å². The van der Waals surface area contributed by atoms with Crippen molar-refractivity contribution >= 4 is 10.4 Å². The number of aliphatic hydroxyl groups excluding tert-OH is 1. The lowest BCUT2D eigenvalue weighted by Crippen LogP contribution is -2.95. The molecule has 0 radical (unpaired) electrons. The molecule has 0 aromatic heterocycles. The lowest BCUT2D eigenvalue weighted by Gasteiger charge is -2.11. The van der Waals surface area contributed by atoms with Crippen LogP contribution in [0.5, 0.6) is 0 Å². The summed E-state index contributed by atoms with van der Waals surface area (Å²) in [4.78, 5) is 0. The fourth-order valence-electron chi connectivity index (χ4n) is 0.0913. The zero-order valence-electron chi connectivity index (χ0n) is 7.17. The highest BCUT2D eigenvalue weighted by Crippen LogP contribution is 1.76. The normalized spacial score (nSPS) is 11.8. The van der Waals surface area contributed by atoms with Gasteiger partial charge in [0.15, 0.2) is 6.61 Å². The van der Waals surface area contributed by atoms with Crippen LogP contribution in [-0.2, 0) is 14.6 Å². The van der Waals surface area contributed by atoms with E-state index in [1.165, 1.54) is 7.05 Å². The van der Waals surface area contributed by atoms with E-state index < -0.39 is 22.9 Å². The molecule has 0 aliphatic rings. The van der Waals surface area contributed by atoms with Crippen molar-refractivity contribution in [2.45, 2.75) is 5.91 Å². The fourth-order valence-corrected chi connectivity index (χ4v) is 0.0913. The van der Waals surface area contributed by atoms with Crippen LogP contribution in [0.4, 0.5) is 0 Å². The third-order valence-corrected chi connectivity index (χ3v) is 1.31. The van der Waals surface area contributed by atoms with Gasteiger partial charge in [0.05, 0.1) is 14.2 Å². The average Bonchev–Trinajstić information content (AvgIpc) is 2.04. The Morgan fingerprint density at radius 2 is 1.85 bits per heavy atom. The maximum atomic E-state index is 9.22. The standard InChI is InChI=1S/C3H9NO3.CH4O4S/c1-4-3(6,7)2-5;1-5-6(2,3)4/h4-7H,2H2,1H3;1H3,(H,2,3,4). The molecule has 5 N–H and O–H groups in total. The van der Waals surface area contributed by atoms with Gasteiger partial charge in [-0.25, -0.2) is 8.42 Å². The maximum absolute atomic E-state index is 9.22. The second kappa shape index (κ2) is 6.21. The van der Waals surface area contributed by atoms with Crippen LogP contribution in [0.2, 0.25) is 0 Å². The molecule has 0 heterocycles. The van der Waals surface area contributed by atoms with Gasteiger partial charge in [0.25, 0.3) is 0 Å². The fraction of sp³-hybridized carbons (Fsp3) is 1.00. The molecule has 8 nitrogen and oxygen atoms in total. The topological polar surface area (TPSA) is 144 Å². The van der Waals surface area contributed by atoms with E-state index in [9.17, 15) is 13.0 Å². The Kier molecular flexibility index (Phi) is 7.26. The average molecular weight is 219 g/mol. The van der Waals surface area contributed by atoms with E-state index in [-0.39, 0.29) is 0 Å². The van der Waals surface area contributed by atoms with Crippen LogP contribution in [0.25, 0.3) is 0 Å². The molecule has 0 unspecified atom stereocenters. The summed E-state index contributed by atoms with van der Waals surface area (Å²) in [5, 5.41) is 25.9. The first kappa shape index (κ1) is 15.2. The Hall–Kier alpha value is -0.290. The number of hydrogen-bond acceptors (Lipinski definition) is 7. The highest BCUT2D eigenvalue weighted by atomic mass is 32.3. The Labute approximate surface area is 75.7 Å². The minimum atomic E-state index is -4.41. The van der Waals surface area contributed by atoms with Gasteiger partial charge in [-0.1, -0.05) is 0 Å². The van der Waals surface area contributed by atoms with Crippen LogP contribution in [0.1, 0.15) is 0 Å². The van der Waals surface area contributed by atoms with E-state index >= 15 is 0 Å². The lowest BCUT2D eigenvalue weighted by atomic mass is 10.5. The van der Waals surface area contributed by atoms with Gasteiger partial charge in [-0.2, -0.15) is 0 Å². The molecule has 0 atom stereocenters. The highest BCUT2D eigenvalue weighted by molar-refractivity contribution is 7.80. The first-order valence-corrected chi connectivity index (χ1v) is 4.39. The monoisotopic (exact) mass is 219 g/mol. The Bertz CT molecular complexity index is 205. The van der Waals surface area contributed by atoms with Crippen LogP contribution in [0.3, 0.4) is 0 Å². The van der Waals surface area contributed by atoms with Crippen molar-refractivity contribution in [2.24, 2.45) is 0 Å². The molecule has 0 spiro atoms. The van der Waals surface area contributed by atoms with Crippen LogP contribution < -0.4 is 5.32 Å². The molecular formula is C4H13NO7S. The van der Waals surface area contributed by atoms with E-state index in [1.807, 2.05) is 0 Å². The molecule has 0 aliphatic carbocycles. The summed E-state index contributed by atoms with van der Waals surface area (Å²) < 4.78 is 31.0. The SMILES string of the molecule is COS(=O)(=O)[O-].C[NH2+]C(O)(O)CO. The lowest BCUT2D eigenvalue weighted by molar-refractivity contribution is -0.794. The van der Waals surface area contributed by atoms with E-state index in [1.54, 1.807) is 0 Å². The van der Waals surface area contributed by atoms with E-state index in [0.29, 0.717) is 0 Å². The van der Waals surface area contributed by atoms with Gasteiger partial charge in [-0.3, -0.25) is 9.50 Å². The second-order valence-corrected chi connectivity index (χ2v) is 3.05. The first-order valence-electron chi connectivity index (χ1n) is 3.06. The predicted molar refractivity (Wildman–Crippen MR) is 38.8 cm³/mol. The highest BCUT2D eigenvalue weighted by Gasteiger charge is 2.22. The summed E-state index contributed by atoms with van der Waals surface area (Å²) in [6, 6.07) is 0. The van der Waals surface area contributed by atoms with Gasteiger partial charge in [-0.15, -0.1) is 0 Å². The van der Waals surface area contributed by atoms with E-state index in [2.05, 4.69) is 4.18 Å². The number of hydrogen-bond donors (Lipinski definition) is 4. The first-order chi connectivity index (χ1) is 5.68. The summed E-state index contributed by atoms with van der Waals surface area (Å²) in [5.41, 5.74) is 0. The molecule has 9 heteroatoms. The number of likely N-dealkylation sites (N-methyl/N-ethyl adjacent to an activating group) is 1. The maximum Gasteiger partial charge on any atom is 0.334 e. The van der Waals surface area contributed by atoms with Crippen LogP contribution in [-0.4, -0.2) is 55.0 Å². The van der Waals surface area contributed by atoms with Gasteiger partial charge < -0.3 is 19.9 Å². The minimum absolute atomic E-state index is 0.649. The van der Waals surface area contributed by atoms with E-state index in [0.717, 1.165) is 12.4 Å². The summed E-state index contributed by atoms with van der Waals surface area (Å²) >= 11 is 0. The van der Waals surface area contributed by atoms with Crippen molar-refractivity contribution in [3.63, 3.8) is 0 Å². The van der Waals surface area contributed by atoms with Gasteiger partial charge >= 0.3 is 5.91 Å². The third kappa shape index (κ3) is 14.6. The molecule has 0 saturated carbocycles. The zero-order chi connectivity index (χ0) is 11.1. The molecule has 82 valence electrons. The van der Waals surface area contributed by atoms with Gasteiger partial charge in [0.1, 0.15) is 0 Å². The number of aliphatic hydroxyl groups is 3. The van der Waals surface area contributed by atoms with Gasteiger partial charge in [-0.05, 0) is 0 Å². The molecule has 0 rings (SSSR count). The van der Waals surface area contributed by atoms with E-state index in [4.69, 9.17) is 15.3 Å². The molecule has 0 saturated heterocycles. The van der Waals surface area contributed by atoms with Crippen molar-refractivity contribution < 1.29 is 37.8 Å². The van der Waals surface area contributed by atoms with Crippen LogP contribution in [0.15, 0.2) is 0 Å². The largest absolute Gasteiger partial charge is 0.726 e. The van der Waals surface area contributed by atoms with Crippen molar-refractivity contribution in [3.8, 4) is 0 Å². The van der Waals surface area contributed by atoms with Gasteiger partial charge in [0, 0.05) is 0 Å². The van der Waals surface area contributed by atoms with Gasteiger partial charge in [0.2, 0.25) is 10.4 Å². The molecule has 0 aliphatic heterocycles. The number of rotatable bonds is 3. The number of quaternary nitrogens is 1. The molecular weight excluding hydrogens is 206 g/mol. The molecule has 13 heavy (non-hydrogen) atoms. The molecule has 0 amide bonds. The van der Waals surface area contributed by atoms with Crippen molar-refractivity contribution in [1.82, 2.24) is 0 Å². The quantitative estimate of drug-likeness (QED) is 0.214. The smallest absolute Gasteiger partial charge is 0.334 e. The molecule has 0 bridgehead atoms. The summed E-state index contributed by atoms with van der Waals surface area (Å²) in [5.74, 6) is -1.99. The van der Waals surface area contributed by atoms with Crippen LogP contribution in [0, 0.1) is 0 Å². The van der Waals surface area contributed by atoms with Crippen LogP contribution >= 0.6 is 0 Å². The second-order valence-electron chi connectivity index (χ2n) is 1.90. The number of nitrogens with two attached hydrogens (primary N) is 1. The zero-order valence-corrected chi connectivity index (χ0v) is 7.98. The predicted octanol–water partition coefficient (Wildman–Crippen LogP) is -4.10. The third-order valence-electron chi connectivity index (χ3n) is 0.899. The van der Waals surface area contributed by atoms with Crippen molar-refractivity contribution in [3.05, 3.63) is 0 Å². The summed E-state index contributed by atoms with van der Waals surface area (Å²) in [6.45, 7) is -0.649. The molecule has 0 aromatic rings. The Morgan fingerprint density at radius 1 is 1.54 bits per heavy atom. The Balaban J connectivity index is 0. The molecule has 0 fully saturated rings. The minimum Gasteiger partial charge on any atom is -0.726 e. The molecule has 0 aromatic carbocycles. The summed E-state index contributed by atoms with van der Waals surface area (Å²) in [6.07, 6.45) is 0. The van der Waals surface area contributed by atoms with Crippen molar-refractivity contribution in [2.75, 3.05) is 20.8 Å². The Morgan fingerprint density at radius 3 is 1.85 bits per heavy atom.